The molecule has 0 aromatic heterocycles. The molecule has 0 atom stereocenters. The summed E-state index contributed by atoms with van der Waals surface area (Å²) in [6, 6.07) is 0.0880. The Morgan fingerprint density at radius 1 is 0.789 bits per heavy atom. The Morgan fingerprint density at radius 3 is 1.47 bits per heavy atom. The van der Waals surface area contributed by atoms with E-state index in [-0.39, 0.29) is 6.07 Å². The van der Waals surface area contributed by atoms with Gasteiger partial charge >= 0.3 is 0 Å². The first-order chi connectivity index (χ1) is 8.82. The molecule has 108 valence electrons. The maximum absolute atomic E-state index is 13.5. The molecular weight excluding hydrogens is 285 g/mol. The Kier molecular flexibility index (Phi) is 5.25. The molecule has 0 N–H and O–H groups in total. The van der Waals surface area contributed by atoms with Crippen LogP contribution in [0.25, 0.3) is 0 Å². The van der Waals surface area contributed by atoms with Gasteiger partial charge in [0.05, 0.1) is 0 Å². The molecule has 9 heteroatoms. The van der Waals surface area contributed by atoms with Crippen LogP contribution in [-0.2, 0) is 0 Å². The molecule has 0 aliphatic rings. The Hall–Kier alpha value is -1.67. The van der Waals surface area contributed by atoms with Crippen molar-refractivity contribution in [1.29, 1.82) is 0 Å². The fourth-order valence-electron chi connectivity index (χ4n) is 1.11. The van der Waals surface area contributed by atoms with Gasteiger partial charge in [-0.05, 0) is 0 Å². The monoisotopic (exact) mass is 292 g/mol. The molecule has 1 aromatic carbocycles. The van der Waals surface area contributed by atoms with Crippen LogP contribution in [0.5, 0.6) is 11.5 Å². The van der Waals surface area contributed by atoms with E-state index in [0.29, 0.717) is 0 Å². The summed E-state index contributed by atoms with van der Waals surface area (Å²) in [5.74, 6) is -7.59. The fraction of sp³-hybridized carbons (Fsp3) is 0.400. The summed E-state index contributed by atoms with van der Waals surface area (Å²) >= 11 is 0. The van der Waals surface area contributed by atoms with Crippen LogP contribution in [0.3, 0.4) is 0 Å². The van der Waals surface area contributed by atoms with Crippen molar-refractivity contribution in [2.75, 3.05) is 13.2 Å². The van der Waals surface area contributed by atoms with Gasteiger partial charge in [0.15, 0.2) is 23.1 Å². The van der Waals surface area contributed by atoms with E-state index in [1.54, 1.807) is 0 Å². The van der Waals surface area contributed by atoms with E-state index in [0.717, 1.165) is 0 Å². The molecule has 0 aliphatic carbocycles. The largest absolute Gasteiger partial charge is 0.481 e. The number of hydrogen-bond donors (Lipinski definition) is 0. The van der Waals surface area contributed by atoms with Crippen molar-refractivity contribution < 1.29 is 40.2 Å². The van der Waals surface area contributed by atoms with Crippen LogP contribution < -0.4 is 9.47 Å². The van der Waals surface area contributed by atoms with Crippen LogP contribution >= 0.6 is 0 Å². The molecule has 0 bridgehead atoms. The average Bonchev–Trinajstić information content (AvgIpc) is 2.27. The summed E-state index contributed by atoms with van der Waals surface area (Å²) in [6.45, 7) is -2.68. The first-order valence-electron chi connectivity index (χ1n) is 4.82. The standard InChI is InChI=1S/C10H7F7O2/c11-4-1-5(12)10(19-3-7(15)16)8(17)9(4)18-2-6(13)14/h1,6-7H,2-3H2. The van der Waals surface area contributed by atoms with Crippen LogP contribution in [-0.4, -0.2) is 26.1 Å². The van der Waals surface area contributed by atoms with E-state index < -0.39 is 55.0 Å². The summed E-state index contributed by atoms with van der Waals surface area (Å²) in [6.07, 6.45) is -6.04. The van der Waals surface area contributed by atoms with Crippen molar-refractivity contribution in [2.45, 2.75) is 12.9 Å². The lowest BCUT2D eigenvalue weighted by atomic mass is 10.2. The molecular formula is C10H7F7O2. The highest BCUT2D eigenvalue weighted by Crippen LogP contribution is 2.33. The van der Waals surface area contributed by atoms with Crippen molar-refractivity contribution in [3.63, 3.8) is 0 Å². The summed E-state index contributed by atoms with van der Waals surface area (Å²) < 4.78 is 95.2. The van der Waals surface area contributed by atoms with Gasteiger partial charge in [0.1, 0.15) is 13.2 Å². The highest BCUT2D eigenvalue weighted by atomic mass is 19.3. The molecule has 0 unspecified atom stereocenters. The minimum Gasteiger partial charge on any atom is -0.481 e. The minimum atomic E-state index is -3.02. The summed E-state index contributed by atoms with van der Waals surface area (Å²) in [7, 11) is 0. The molecule has 0 aliphatic heterocycles. The van der Waals surface area contributed by atoms with Gasteiger partial charge in [0, 0.05) is 6.07 Å². The molecule has 0 heterocycles. The van der Waals surface area contributed by atoms with Gasteiger partial charge in [-0.25, -0.2) is 26.3 Å². The third-order valence-corrected chi connectivity index (χ3v) is 1.79. The van der Waals surface area contributed by atoms with Crippen LogP contribution in [0.2, 0.25) is 0 Å². The number of ether oxygens (including phenoxy) is 2. The predicted octanol–water partition coefficient (Wildman–Crippen LogP) is 3.39. The molecule has 0 saturated carbocycles. The quantitative estimate of drug-likeness (QED) is 0.748. The van der Waals surface area contributed by atoms with Gasteiger partial charge in [0.25, 0.3) is 12.9 Å². The molecule has 0 fully saturated rings. The second kappa shape index (κ2) is 6.48. The Labute approximate surface area is 102 Å². The average molecular weight is 292 g/mol. The molecule has 19 heavy (non-hydrogen) atoms. The molecule has 0 amide bonds. The van der Waals surface area contributed by atoms with Crippen molar-refractivity contribution in [3.8, 4) is 11.5 Å². The molecule has 2 nitrogen and oxygen atoms in total. The number of rotatable bonds is 6. The molecule has 0 radical (unpaired) electrons. The van der Waals surface area contributed by atoms with Gasteiger partial charge in [0.2, 0.25) is 5.82 Å². The number of hydrogen-bond acceptors (Lipinski definition) is 2. The second-order valence-electron chi connectivity index (χ2n) is 3.22. The van der Waals surface area contributed by atoms with Gasteiger partial charge < -0.3 is 9.47 Å². The van der Waals surface area contributed by atoms with Crippen LogP contribution in [0.1, 0.15) is 0 Å². The van der Waals surface area contributed by atoms with Crippen LogP contribution in [0.4, 0.5) is 30.7 Å². The fourth-order valence-corrected chi connectivity index (χ4v) is 1.11. The van der Waals surface area contributed by atoms with Gasteiger partial charge in [-0.1, -0.05) is 0 Å². The zero-order valence-electron chi connectivity index (χ0n) is 9.11. The zero-order valence-corrected chi connectivity index (χ0v) is 9.11. The Bertz CT molecular complexity index is 400. The van der Waals surface area contributed by atoms with Crippen LogP contribution in [0.15, 0.2) is 6.07 Å². The van der Waals surface area contributed by atoms with E-state index in [1.807, 2.05) is 0 Å². The number of alkyl halides is 4. The van der Waals surface area contributed by atoms with Crippen LogP contribution in [0, 0.1) is 17.5 Å². The van der Waals surface area contributed by atoms with E-state index in [4.69, 9.17) is 0 Å². The van der Waals surface area contributed by atoms with Gasteiger partial charge in [-0.15, -0.1) is 0 Å². The Balaban J connectivity index is 3.00. The molecule has 0 saturated heterocycles. The maximum Gasteiger partial charge on any atom is 0.272 e. The van der Waals surface area contributed by atoms with E-state index in [9.17, 15) is 30.7 Å². The highest BCUT2D eigenvalue weighted by molar-refractivity contribution is 5.38. The third kappa shape index (κ3) is 4.18. The number of benzene rings is 1. The molecule has 1 aromatic rings. The highest BCUT2D eigenvalue weighted by Gasteiger charge is 2.23. The third-order valence-electron chi connectivity index (χ3n) is 1.79. The summed E-state index contributed by atoms with van der Waals surface area (Å²) in [5, 5.41) is 0. The minimum absolute atomic E-state index is 0.0880. The normalized spacial score (nSPS) is 11.2. The van der Waals surface area contributed by atoms with Gasteiger partial charge in [-0.2, -0.15) is 4.39 Å². The van der Waals surface area contributed by atoms with Crippen molar-refractivity contribution in [1.82, 2.24) is 0 Å². The lowest BCUT2D eigenvalue weighted by Gasteiger charge is -2.12. The predicted molar refractivity (Wildman–Crippen MR) is 49.3 cm³/mol. The van der Waals surface area contributed by atoms with E-state index in [2.05, 4.69) is 9.47 Å². The first kappa shape index (κ1) is 15.4. The van der Waals surface area contributed by atoms with Gasteiger partial charge in [-0.3, -0.25) is 0 Å². The number of halogens is 7. The topological polar surface area (TPSA) is 18.5 Å². The lowest BCUT2D eigenvalue weighted by molar-refractivity contribution is 0.0712. The molecule has 1 rings (SSSR count). The maximum atomic E-state index is 13.5. The van der Waals surface area contributed by atoms with Crippen molar-refractivity contribution in [2.24, 2.45) is 0 Å². The Morgan fingerprint density at radius 2 is 1.16 bits per heavy atom. The zero-order chi connectivity index (χ0) is 14.6. The van der Waals surface area contributed by atoms with Crippen molar-refractivity contribution >= 4 is 0 Å². The first-order valence-corrected chi connectivity index (χ1v) is 4.82. The van der Waals surface area contributed by atoms with E-state index >= 15 is 0 Å². The second-order valence-corrected chi connectivity index (χ2v) is 3.22. The molecule has 0 spiro atoms. The van der Waals surface area contributed by atoms with Crippen molar-refractivity contribution in [3.05, 3.63) is 23.5 Å². The summed E-state index contributed by atoms with van der Waals surface area (Å²) in [5.41, 5.74) is 0. The smallest absolute Gasteiger partial charge is 0.272 e. The lowest BCUT2D eigenvalue weighted by Crippen LogP contribution is -2.13. The summed E-state index contributed by atoms with van der Waals surface area (Å²) in [4.78, 5) is 0. The van der Waals surface area contributed by atoms with E-state index in [1.165, 1.54) is 0 Å². The SMILES string of the molecule is Fc1cc(F)c(OCC(F)F)c(F)c1OCC(F)F.